The molecule has 0 spiro atoms. The van der Waals surface area contributed by atoms with Gasteiger partial charge in [-0.3, -0.25) is 15.1 Å². The number of urea groups is 1. The van der Waals surface area contributed by atoms with Crippen molar-refractivity contribution in [2.45, 2.75) is 40.1 Å². The molecule has 3 N–H and O–H groups in total. The molecule has 2 aromatic carbocycles. The second-order valence-corrected chi connectivity index (χ2v) is 7.26. The number of aryl methyl sites for hydroxylation is 1. The van der Waals surface area contributed by atoms with Gasteiger partial charge in [0.25, 0.3) is 5.91 Å². The number of likely N-dealkylation sites (N-methyl/N-ethyl adjacent to an activating group) is 1. The topological polar surface area (TPSA) is 104 Å². The van der Waals surface area contributed by atoms with Crippen molar-refractivity contribution in [1.82, 2.24) is 4.90 Å². The zero-order valence-corrected chi connectivity index (χ0v) is 19.2. The lowest BCUT2D eigenvalue weighted by atomic mass is 10.1. The van der Waals surface area contributed by atoms with Gasteiger partial charge in [-0.15, -0.1) is 0 Å². The van der Waals surface area contributed by atoms with E-state index in [1.165, 1.54) is 7.05 Å². The fourth-order valence-electron chi connectivity index (χ4n) is 2.93. The zero-order chi connectivity index (χ0) is 24.7. The third kappa shape index (κ3) is 6.80. The van der Waals surface area contributed by atoms with E-state index in [1.807, 2.05) is 0 Å². The van der Waals surface area contributed by atoms with E-state index < -0.39 is 47.2 Å². The largest absolute Gasteiger partial charge is 0.353 e. The number of benzene rings is 2. The van der Waals surface area contributed by atoms with Crippen LogP contribution in [0.2, 0.25) is 0 Å². The number of amidine groups is 1. The Morgan fingerprint density at radius 2 is 1.76 bits per heavy atom. The van der Waals surface area contributed by atoms with Gasteiger partial charge < -0.3 is 20.1 Å². The Morgan fingerprint density at radius 3 is 2.39 bits per heavy atom. The van der Waals surface area contributed by atoms with E-state index in [0.29, 0.717) is 24.4 Å². The molecule has 178 valence electrons. The van der Waals surface area contributed by atoms with Gasteiger partial charge in [-0.25, -0.2) is 13.6 Å². The predicted molar refractivity (Wildman–Crippen MR) is 122 cm³/mol. The molecule has 8 nitrogen and oxygen atoms in total. The lowest BCUT2D eigenvalue weighted by Gasteiger charge is -2.25. The Morgan fingerprint density at radius 1 is 1.09 bits per heavy atom. The number of ether oxygens (including phenoxy) is 2. The number of hydrogen-bond acceptors (Lipinski definition) is 5. The maximum atomic E-state index is 14.6. The summed E-state index contributed by atoms with van der Waals surface area (Å²) in [6.07, 6.45) is -1.39. The van der Waals surface area contributed by atoms with E-state index >= 15 is 0 Å². The Hall–Kier alpha value is -3.37. The van der Waals surface area contributed by atoms with Crippen molar-refractivity contribution in [3.05, 3.63) is 59.2 Å². The van der Waals surface area contributed by atoms with Crippen molar-refractivity contribution < 1.29 is 27.8 Å². The van der Waals surface area contributed by atoms with Crippen molar-refractivity contribution in [3.8, 4) is 0 Å². The lowest BCUT2D eigenvalue weighted by molar-refractivity contribution is -0.138. The minimum absolute atomic E-state index is 0.214. The first kappa shape index (κ1) is 25.9. The molecule has 2 aromatic rings. The first-order chi connectivity index (χ1) is 15.5. The van der Waals surface area contributed by atoms with Crippen LogP contribution in [0.4, 0.5) is 25.0 Å². The van der Waals surface area contributed by atoms with E-state index in [1.54, 1.807) is 52.0 Å². The number of rotatable bonds is 8. The molecular weight excluding hydrogens is 434 g/mol. The summed E-state index contributed by atoms with van der Waals surface area (Å²) in [6, 6.07) is 7.44. The molecule has 0 saturated heterocycles. The monoisotopic (exact) mass is 462 g/mol. The van der Waals surface area contributed by atoms with Gasteiger partial charge in [-0.1, -0.05) is 18.2 Å². The molecule has 2 unspecified atom stereocenters. The number of carbonyl (C=O) groups is 2. The van der Waals surface area contributed by atoms with E-state index in [4.69, 9.17) is 14.9 Å². The number of nitrogens with zero attached hydrogens (tertiary/aromatic N) is 1. The number of para-hydroxylation sites is 1. The van der Waals surface area contributed by atoms with Crippen molar-refractivity contribution in [1.29, 1.82) is 5.41 Å². The molecule has 33 heavy (non-hydrogen) atoms. The van der Waals surface area contributed by atoms with Crippen LogP contribution in [0.1, 0.15) is 36.7 Å². The highest BCUT2D eigenvalue weighted by molar-refractivity contribution is 6.06. The van der Waals surface area contributed by atoms with E-state index in [0.717, 1.165) is 10.5 Å². The normalized spacial score (nSPS) is 12.6. The smallest absolute Gasteiger partial charge is 0.327 e. The third-order valence-electron chi connectivity index (χ3n) is 4.78. The molecule has 0 bridgehead atoms. The van der Waals surface area contributed by atoms with Crippen molar-refractivity contribution in [3.63, 3.8) is 0 Å². The first-order valence-corrected chi connectivity index (χ1v) is 10.3. The average molecular weight is 462 g/mol. The van der Waals surface area contributed by atoms with Gasteiger partial charge in [0.2, 0.25) is 0 Å². The molecule has 10 heteroatoms. The van der Waals surface area contributed by atoms with Gasteiger partial charge in [-0.05, 0) is 45.4 Å². The molecule has 0 heterocycles. The van der Waals surface area contributed by atoms with Crippen molar-refractivity contribution in [2.24, 2.45) is 0 Å². The van der Waals surface area contributed by atoms with Gasteiger partial charge >= 0.3 is 6.03 Å². The van der Waals surface area contributed by atoms with Crippen molar-refractivity contribution in [2.75, 3.05) is 24.3 Å². The summed E-state index contributed by atoms with van der Waals surface area (Å²) in [6.45, 7) is 7.19. The van der Waals surface area contributed by atoms with Crippen LogP contribution in [0.5, 0.6) is 0 Å². The molecule has 0 radical (unpaired) electrons. The van der Waals surface area contributed by atoms with Gasteiger partial charge in [0.1, 0.15) is 23.6 Å². The Kier molecular flexibility index (Phi) is 9.01. The fourth-order valence-corrected chi connectivity index (χ4v) is 2.93. The predicted octanol–water partition coefficient (Wildman–Crippen LogP) is 4.75. The summed E-state index contributed by atoms with van der Waals surface area (Å²) in [7, 11) is 1.29. The van der Waals surface area contributed by atoms with Crippen molar-refractivity contribution >= 4 is 29.1 Å². The Balaban J connectivity index is 2.10. The highest BCUT2D eigenvalue weighted by Crippen LogP contribution is 2.22. The van der Waals surface area contributed by atoms with Crippen LogP contribution in [-0.4, -0.2) is 48.7 Å². The molecule has 0 aliphatic carbocycles. The molecule has 0 aliphatic heterocycles. The Labute approximate surface area is 191 Å². The summed E-state index contributed by atoms with van der Waals surface area (Å²) >= 11 is 0. The molecule has 2 atom stereocenters. The van der Waals surface area contributed by atoms with Crippen LogP contribution in [-0.2, 0) is 9.47 Å². The maximum absolute atomic E-state index is 14.6. The zero-order valence-electron chi connectivity index (χ0n) is 19.2. The second kappa shape index (κ2) is 11.5. The van der Waals surface area contributed by atoms with Crippen LogP contribution < -0.4 is 10.6 Å². The average Bonchev–Trinajstić information content (AvgIpc) is 2.76. The van der Waals surface area contributed by atoms with Gasteiger partial charge in [0.15, 0.2) is 6.29 Å². The molecule has 0 aliphatic rings. The molecule has 0 saturated carbocycles. The number of amides is 3. The van der Waals surface area contributed by atoms with Gasteiger partial charge in [0.05, 0.1) is 11.3 Å². The minimum atomic E-state index is -1.02. The SMILES string of the molecule is CCOC(C)OC(C)C(=N)N(C)C(=O)Nc1cc(F)c(C(=O)Nc2ccccc2C)cc1F. The van der Waals surface area contributed by atoms with Crippen LogP contribution in [0.3, 0.4) is 0 Å². The third-order valence-corrected chi connectivity index (χ3v) is 4.78. The number of halogens is 2. The fraction of sp³-hybridized carbons (Fsp3) is 0.348. The molecule has 0 fully saturated rings. The molecule has 0 aromatic heterocycles. The highest BCUT2D eigenvalue weighted by atomic mass is 19.1. The van der Waals surface area contributed by atoms with E-state index in [9.17, 15) is 18.4 Å². The number of hydrogen-bond donors (Lipinski definition) is 3. The van der Waals surface area contributed by atoms with E-state index in [-0.39, 0.29) is 5.84 Å². The summed E-state index contributed by atoms with van der Waals surface area (Å²) in [5, 5.41) is 12.8. The van der Waals surface area contributed by atoms with Gasteiger partial charge in [-0.2, -0.15) is 0 Å². The number of nitrogens with one attached hydrogen (secondary N) is 3. The maximum Gasteiger partial charge on any atom is 0.327 e. The number of anilines is 2. The Bertz CT molecular complexity index is 1030. The van der Waals surface area contributed by atoms with Crippen LogP contribution in [0.15, 0.2) is 36.4 Å². The number of carbonyl (C=O) groups excluding carboxylic acids is 2. The lowest BCUT2D eigenvalue weighted by Crippen LogP contribution is -2.43. The quantitative estimate of drug-likeness (QED) is 0.299. The van der Waals surface area contributed by atoms with Crippen LogP contribution >= 0.6 is 0 Å². The first-order valence-electron chi connectivity index (χ1n) is 10.3. The highest BCUT2D eigenvalue weighted by Gasteiger charge is 2.24. The summed E-state index contributed by atoms with van der Waals surface area (Å²) in [5.74, 6) is -3.06. The van der Waals surface area contributed by atoms with E-state index in [2.05, 4.69) is 10.6 Å². The second-order valence-electron chi connectivity index (χ2n) is 7.26. The summed E-state index contributed by atoms with van der Waals surface area (Å²) in [5.41, 5.74) is 0.243. The van der Waals surface area contributed by atoms with Gasteiger partial charge in [0, 0.05) is 25.4 Å². The van der Waals surface area contributed by atoms with Crippen LogP contribution in [0, 0.1) is 24.0 Å². The standard InChI is InChI=1S/C23H28F2N4O4/c1-6-32-15(4)33-14(3)21(26)29(5)23(31)28-20-12-17(24)16(11-18(20)25)22(30)27-19-10-8-7-9-13(19)2/h7-12,14-15,26H,6H2,1-5H3,(H,27,30)(H,28,31). The molecule has 2 rings (SSSR count). The summed E-state index contributed by atoms with van der Waals surface area (Å²) in [4.78, 5) is 25.8. The minimum Gasteiger partial charge on any atom is -0.353 e. The molecular formula is C23H28F2N4O4. The van der Waals surface area contributed by atoms with Crippen LogP contribution in [0.25, 0.3) is 0 Å². The molecule has 3 amide bonds. The summed E-state index contributed by atoms with van der Waals surface area (Å²) < 4.78 is 39.9.